The smallest absolute Gasteiger partial charge is 0.278 e. The van der Waals surface area contributed by atoms with Gasteiger partial charge in [0.25, 0.3) is 5.91 Å². The number of rotatable bonds is 3. The van der Waals surface area contributed by atoms with Crippen LogP contribution in [0.5, 0.6) is 0 Å². The third kappa shape index (κ3) is 2.82. The van der Waals surface area contributed by atoms with Gasteiger partial charge < -0.3 is 4.90 Å². The Kier molecular flexibility index (Phi) is 4.06. The molecule has 5 nitrogen and oxygen atoms in total. The molecule has 138 valence electrons. The van der Waals surface area contributed by atoms with Crippen LogP contribution in [-0.2, 0) is 6.42 Å². The van der Waals surface area contributed by atoms with Crippen LogP contribution in [0.3, 0.4) is 0 Å². The Hall–Kier alpha value is -3.25. The van der Waals surface area contributed by atoms with E-state index in [2.05, 4.69) is 23.1 Å². The van der Waals surface area contributed by atoms with Gasteiger partial charge in [-0.2, -0.15) is 5.10 Å². The van der Waals surface area contributed by atoms with E-state index >= 15 is 0 Å². The fourth-order valence-electron chi connectivity index (χ4n) is 3.66. The number of amides is 1. The van der Waals surface area contributed by atoms with Gasteiger partial charge in [0, 0.05) is 28.9 Å². The first kappa shape index (κ1) is 16.9. The van der Waals surface area contributed by atoms with E-state index in [0.29, 0.717) is 5.69 Å². The number of benzene rings is 2. The molecule has 0 spiro atoms. The average molecular weight is 386 g/mol. The summed E-state index contributed by atoms with van der Waals surface area (Å²) in [6, 6.07) is 18.2. The van der Waals surface area contributed by atoms with Gasteiger partial charge in [-0.1, -0.05) is 36.4 Å². The molecule has 0 aliphatic carbocycles. The molecule has 0 N–H and O–H groups in total. The highest BCUT2D eigenvalue weighted by Crippen LogP contribution is 2.34. The van der Waals surface area contributed by atoms with E-state index in [0.717, 1.165) is 28.4 Å². The summed E-state index contributed by atoms with van der Waals surface area (Å²) in [5.74, 6) is -0.0459. The van der Waals surface area contributed by atoms with Gasteiger partial charge in [0.15, 0.2) is 0 Å². The first-order valence-corrected chi connectivity index (χ1v) is 10.1. The molecule has 1 unspecified atom stereocenters. The Morgan fingerprint density at radius 3 is 2.75 bits per heavy atom. The normalized spacial score (nSPS) is 15.6. The van der Waals surface area contributed by atoms with E-state index in [1.165, 1.54) is 16.9 Å². The van der Waals surface area contributed by atoms with Gasteiger partial charge in [-0.05, 0) is 37.1 Å². The predicted octanol–water partition coefficient (Wildman–Crippen LogP) is 4.59. The number of hydrogen-bond donors (Lipinski definition) is 0. The van der Waals surface area contributed by atoms with Gasteiger partial charge in [0.1, 0.15) is 10.7 Å². The van der Waals surface area contributed by atoms with Crippen LogP contribution in [-0.4, -0.2) is 26.7 Å². The van der Waals surface area contributed by atoms with E-state index < -0.39 is 0 Å². The fourth-order valence-corrected chi connectivity index (χ4v) is 4.43. The number of thiazole rings is 1. The molecular formula is C22H18N4OS. The van der Waals surface area contributed by atoms with Crippen LogP contribution >= 0.6 is 11.3 Å². The number of nitrogens with zero attached hydrogens (tertiary/aromatic N) is 4. The van der Waals surface area contributed by atoms with Gasteiger partial charge in [-0.3, -0.25) is 4.79 Å². The van der Waals surface area contributed by atoms with Crippen molar-refractivity contribution in [2.24, 2.45) is 0 Å². The van der Waals surface area contributed by atoms with Crippen LogP contribution in [0.25, 0.3) is 16.3 Å². The molecule has 5 rings (SSSR count). The lowest BCUT2D eigenvalue weighted by molar-refractivity contribution is 0.0977. The van der Waals surface area contributed by atoms with Crippen LogP contribution in [0.15, 0.2) is 72.4 Å². The summed E-state index contributed by atoms with van der Waals surface area (Å²) in [6.45, 7) is 2.08. The van der Waals surface area contributed by atoms with Gasteiger partial charge >= 0.3 is 0 Å². The molecule has 2 aromatic carbocycles. The minimum absolute atomic E-state index is 0.0459. The summed E-state index contributed by atoms with van der Waals surface area (Å²) in [7, 11) is 0. The second kappa shape index (κ2) is 6.73. The standard InChI is InChI=1S/C22H18N4OS/c1-15-11-16-7-5-6-10-20(16)26(15)22(27)19-14-28-21(24-19)17-12-23-25(13-17)18-8-3-2-4-9-18/h2-10,12-15H,11H2,1H3. The number of anilines is 1. The van der Waals surface area contributed by atoms with Crippen molar-refractivity contribution in [2.45, 2.75) is 19.4 Å². The van der Waals surface area contributed by atoms with Crippen LogP contribution in [0.2, 0.25) is 0 Å². The molecule has 1 amide bonds. The maximum Gasteiger partial charge on any atom is 0.278 e. The molecule has 4 aromatic rings. The molecule has 2 aromatic heterocycles. The summed E-state index contributed by atoms with van der Waals surface area (Å²) in [4.78, 5) is 19.6. The summed E-state index contributed by atoms with van der Waals surface area (Å²) in [5.41, 5.74) is 4.58. The van der Waals surface area contributed by atoms with E-state index in [-0.39, 0.29) is 11.9 Å². The largest absolute Gasteiger partial charge is 0.304 e. The van der Waals surface area contributed by atoms with Crippen LogP contribution in [0.1, 0.15) is 23.0 Å². The lowest BCUT2D eigenvalue weighted by atomic mass is 10.1. The Bertz CT molecular complexity index is 1150. The summed E-state index contributed by atoms with van der Waals surface area (Å²) in [5, 5.41) is 7.06. The average Bonchev–Trinajstić information content (AvgIpc) is 3.45. The van der Waals surface area contributed by atoms with Crippen LogP contribution in [0.4, 0.5) is 5.69 Å². The summed E-state index contributed by atoms with van der Waals surface area (Å²) < 4.78 is 1.82. The monoisotopic (exact) mass is 386 g/mol. The van der Waals surface area contributed by atoms with Gasteiger partial charge in [-0.25, -0.2) is 9.67 Å². The lowest BCUT2D eigenvalue weighted by Crippen LogP contribution is -2.35. The molecule has 1 aliphatic rings. The Labute approximate surface area is 166 Å². The molecule has 0 bridgehead atoms. The first-order chi connectivity index (χ1) is 13.7. The van der Waals surface area contributed by atoms with Crippen molar-refractivity contribution in [1.82, 2.24) is 14.8 Å². The molecule has 0 radical (unpaired) electrons. The molecule has 0 saturated heterocycles. The van der Waals surface area contributed by atoms with Crippen molar-refractivity contribution in [2.75, 3.05) is 4.90 Å². The van der Waals surface area contributed by atoms with E-state index in [1.807, 2.05) is 69.7 Å². The third-order valence-electron chi connectivity index (χ3n) is 5.00. The van der Waals surface area contributed by atoms with Crippen molar-refractivity contribution in [3.8, 4) is 16.3 Å². The van der Waals surface area contributed by atoms with E-state index in [9.17, 15) is 4.79 Å². The quantitative estimate of drug-likeness (QED) is 0.518. The maximum absolute atomic E-state index is 13.1. The zero-order valence-corrected chi connectivity index (χ0v) is 16.1. The molecular weight excluding hydrogens is 368 g/mol. The van der Waals surface area contributed by atoms with Gasteiger partial charge in [0.2, 0.25) is 0 Å². The van der Waals surface area contributed by atoms with Crippen LogP contribution in [0, 0.1) is 0 Å². The third-order valence-corrected chi connectivity index (χ3v) is 5.89. The summed E-state index contributed by atoms with van der Waals surface area (Å²) >= 11 is 1.47. The molecule has 1 aliphatic heterocycles. The second-order valence-corrected chi connectivity index (χ2v) is 7.76. The minimum Gasteiger partial charge on any atom is -0.304 e. The van der Waals surface area contributed by atoms with Crippen molar-refractivity contribution >= 4 is 22.9 Å². The number of carbonyl (C=O) groups is 1. The van der Waals surface area contributed by atoms with Gasteiger partial charge in [-0.15, -0.1) is 11.3 Å². The van der Waals surface area contributed by atoms with Crippen molar-refractivity contribution in [1.29, 1.82) is 0 Å². The van der Waals surface area contributed by atoms with Crippen molar-refractivity contribution in [3.63, 3.8) is 0 Å². The molecule has 28 heavy (non-hydrogen) atoms. The number of para-hydroxylation sites is 2. The molecule has 6 heteroatoms. The Morgan fingerprint density at radius 1 is 1.11 bits per heavy atom. The van der Waals surface area contributed by atoms with E-state index in [1.54, 1.807) is 6.20 Å². The maximum atomic E-state index is 13.1. The molecule has 0 fully saturated rings. The van der Waals surface area contributed by atoms with Crippen molar-refractivity contribution in [3.05, 3.63) is 83.6 Å². The predicted molar refractivity (Wildman–Crippen MR) is 111 cm³/mol. The fraction of sp³-hybridized carbons (Fsp3) is 0.136. The Balaban J connectivity index is 1.43. The van der Waals surface area contributed by atoms with E-state index in [4.69, 9.17) is 0 Å². The van der Waals surface area contributed by atoms with Crippen molar-refractivity contribution < 1.29 is 4.79 Å². The highest BCUT2D eigenvalue weighted by atomic mass is 32.1. The number of fused-ring (bicyclic) bond motifs is 1. The number of aromatic nitrogens is 3. The minimum atomic E-state index is -0.0459. The zero-order chi connectivity index (χ0) is 19.1. The molecule has 3 heterocycles. The molecule has 1 atom stereocenters. The highest BCUT2D eigenvalue weighted by Gasteiger charge is 2.32. The second-order valence-electron chi connectivity index (χ2n) is 6.90. The lowest BCUT2D eigenvalue weighted by Gasteiger charge is -2.21. The summed E-state index contributed by atoms with van der Waals surface area (Å²) in [6.07, 6.45) is 4.60. The SMILES string of the molecule is CC1Cc2ccccc2N1C(=O)c1csc(-c2cnn(-c3ccccc3)c2)n1. The molecule has 0 saturated carbocycles. The highest BCUT2D eigenvalue weighted by molar-refractivity contribution is 7.13. The van der Waals surface area contributed by atoms with Crippen LogP contribution < -0.4 is 4.90 Å². The number of hydrogen-bond acceptors (Lipinski definition) is 4. The zero-order valence-electron chi connectivity index (χ0n) is 15.3. The first-order valence-electron chi connectivity index (χ1n) is 9.18. The number of carbonyl (C=O) groups excluding carboxylic acids is 1. The van der Waals surface area contributed by atoms with Gasteiger partial charge in [0.05, 0.1) is 11.9 Å². The Morgan fingerprint density at radius 2 is 1.89 bits per heavy atom. The topological polar surface area (TPSA) is 51.0 Å².